The first-order valence-corrected chi connectivity index (χ1v) is 11.3. The van der Waals surface area contributed by atoms with Crippen molar-refractivity contribution in [3.05, 3.63) is 47.5 Å². The van der Waals surface area contributed by atoms with Gasteiger partial charge in [-0.1, -0.05) is 19.4 Å². The molecule has 4 N–H and O–H groups in total. The Labute approximate surface area is 177 Å². The number of likely N-dealkylation sites (N-methyl/N-ethyl adjacent to an activating group) is 1. The van der Waals surface area contributed by atoms with Crippen molar-refractivity contribution in [2.24, 2.45) is 0 Å². The molecule has 0 saturated carbocycles. The molecule has 1 heterocycles. The molecule has 0 aliphatic carbocycles. The van der Waals surface area contributed by atoms with Gasteiger partial charge in [-0.3, -0.25) is 9.52 Å². The lowest BCUT2D eigenvalue weighted by Crippen LogP contribution is -2.30. The van der Waals surface area contributed by atoms with Gasteiger partial charge in [0.25, 0.3) is 10.0 Å². The smallest absolute Gasteiger partial charge is 0.423 e. The summed E-state index contributed by atoms with van der Waals surface area (Å²) < 4.78 is 33.8. The van der Waals surface area contributed by atoms with Crippen LogP contribution in [0.2, 0.25) is 0 Å². The molecule has 2 aromatic rings. The SMILES string of the molecule is CCCCN(C)C(=O)Cc1cc(N)ccc1S(=O)(=O)Nc1ccc2c(c1)B(O)OC2. The number of sulfonamides is 1. The molecule has 0 radical (unpaired) electrons. The number of benzene rings is 2. The third kappa shape index (κ3) is 4.95. The van der Waals surface area contributed by atoms with E-state index in [1.54, 1.807) is 30.1 Å². The largest absolute Gasteiger partial charge is 0.491 e. The summed E-state index contributed by atoms with van der Waals surface area (Å²) in [5, 5.41) is 9.85. The molecule has 1 aliphatic heterocycles. The van der Waals surface area contributed by atoms with Crippen LogP contribution in [0.5, 0.6) is 0 Å². The zero-order valence-corrected chi connectivity index (χ0v) is 17.9. The summed E-state index contributed by atoms with van der Waals surface area (Å²) in [6.07, 6.45) is 1.76. The van der Waals surface area contributed by atoms with E-state index >= 15 is 0 Å². The summed E-state index contributed by atoms with van der Waals surface area (Å²) >= 11 is 0. The maximum Gasteiger partial charge on any atom is 0.491 e. The van der Waals surface area contributed by atoms with Crippen molar-refractivity contribution in [2.45, 2.75) is 37.7 Å². The Morgan fingerprint density at radius 3 is 2.80 bits per heavy atom. The number of nitrogens with zero attached hydrogens (tertiary/aromatic N) is 1. The number of rotatable bonds is 8. The molecule has 10 heteroatoms. The monoisotopic (exact) mass is 431 g/mol. The second-order valence-electron chi connectivity index (χ2n) is 7.40. The van der Waals surface area contributed by atoms with E-state index in [0.29, 0.717) is 28.9 Å². The van der Waals surface area contributed by atoms with E-state index in [1.807, 2.05) is 6.92 Å². The molecule has 1 amide bonds. The molecule has 0 atom stereocenters. The number of unbranched alkanes of at least 4 members (excludes halogenated alkanes) is 1. The Bertz CT molecular complexity index is 1040. The Hall–Kier alpha value is -2.56. The van der Waals surface area contributed by atoms with E-state index in [4.69, 9.17) is 10.4 Å². The molecule has 3 rings (SSSR count). The molecule has 8 nitrogen and oxygen atoms in total. The third-order valence-electron chi connectivity index (χ3n) is 5.05. The Morgan fingerprint density at radius 1 is 1.30 bits per heavy atom. The topological polar surface area (TPSA) is 122 Å². The minimum Gasteiger partial charge on any atom is -0.423 e. The maximum atomic E-state index is 13.1. The van der Waals surface area contributed by atoms with Gasteiger partial charge in [0.15, 0.2) is 0 Å². The fourth-order valence-corrected chi connectivity index (χ4v) is 4.58. The maximum absolute atomic E-state index is 13.1. The normalized spacial score (nSPS) is 13.2. The number of carbonyl (C=O) groups is 1. The van der Waals surface area contributed by atoms with E-state index in [0.717, 1.165) is 18.4 Å². The lowest BCUT2D eigenvalue weighted by Gasteiger charge is -2.18. The highest BCUT2D eigenvalue weighted by Gasteiger charge is 2.28. The van der Waals surface area contributed by atoms with Crippen molar-refractivity contribution in [3.63, 3.8) is 0 Å². The number of amides is 1. The first kappa shape index (κ1) is 22.1. The van der Waals surface area contributed by atoms with Crippen molar-refractivity contribution in [3.8, 4) is 0 Å². The number of anilines is 2. The second kappa shape index (κ2) is 9.07. The van der Waals surface area contributed by atoms with E-state index in [1.165, 1.54) is 18.2 Å². The average Bonchev–Trinajstić information content (AvgIpc) is 3.06. The Kier molecular flexibility index (Phi) is 6.69. The average molecular weight is 431 g/mol. The van der Waals surface area contributed by atoms with Crippen LogP contribution in [0.25, 0.3) is 0 Å². The molecular formula is C20H26BN3O5S. The standard InChI is InChI=1S/C20H26BN3O5S/c1-3-4-9-24(2)20(25)11-15-10-16(22)6-8-19(15)30(27,28)23-17-7-5-14-13-29-21(26)18(14)12-17/h5-8,10,12,23,26H,3-4,9,11,13,22H2,1-2H3. The van der Waals surface area contributed by atoms with Crippen molar-refractivity contribution >= 4 is 39.9 Å². The quantitative estimate of drug-likeness (QED) is 0.425. The Morgan fingerprint density at radius 2 is 2.07 bits per heavy atom. The predicted molar refractivity (Wildman–Crippen MR) is 117 cm³/mol. The summed E-state index contributed by atoms with van der Waals surface area (Å²) in [6.45, 7) is 2.92. The van der Waals surface area contributed by atoms with Gasteiger partial charge in [0.05, 0.1) is 17.9 Å². The molecule has 0 unspecified atom stereocenters. The number of nitrogens with two attached hydrogens (primary N) is 1. The van der Waals surface area contributed by atoms with Gasteiger partial charge in [0, 0.05) is 25.0 Å². The Balaban J connectivity index is 1.85. The first-order valence-electron chi connectivity index (χ1n) is 9.79. The van der Waals surface area contributed by atoms with Crippen LogP contribution in [0.3, 0.4) is 0 Å². The number of hydrogen-bond acceptors (Lipinski definition) is 6. The van der Waals surface area contributed by atoms with Crippen LogP contribution in [-0.2, 0) is 32.5 Å². The lowest BCUT2D eigenvalue weighted by molar-refractivity contribution is -0.129. The van der Waals surface area contributed by atoms with E-state index in [-0.39, 0.29) is 23.8 Å². The van der Waals surface area contributed by atoms with E-state index in [2.05, 4.69) is 4.72 Å². The van der Waals surface area contributed by atoms with Gasteiger partial charge in [-0.2, -0.15) is 0 Å². The van der Waals surface area contributed by atoms with Crippen LogP contribution in [0.1, 0.15) is 30.9 Å². The van der Waals surface area contributed by atoms with Crippen molar-refractivity contribution in [1.82, 2.24) is 4.90 Å². The fraction of sp³-hybridized carbons (Fsp3) is 0.350. The minimum absolute atomic E-state index is 0.00811. The van der Waals surface area contributed by atoms with Crippen molar-refractivity contribution < 1.29 is 22.9 Å². The summed E-state index contributed by atoms with van der Waals surface area (Å²) in [5.74, 6) is -0.177. The van der Waals surface area contributed by atoms with Crippen LogP contribution in [0.4, 0.5) is 11.4 Å². The predicted octanol–water partition coefficient (Wildman–Crippen LogP) is 1.09. The molecule has 160 valence electrons. The molecule has 0 fully saturated rings. The van der Waals surface area contributed by atoms with E-state index in [9.17, 15) is 18.2 Å². The van der Waals surface area contributed by atoms with Crippen LogP contribution >= 0.6 is 0 Å². The number of nitrogens with one attached hydrogen (secondary N) is 1. The molecule has 1 aliphatic rings. The van der Waals surface area contributed by atoms with Gasteiger partial charge in [-0.15, -0.1) is 0 Å². The first-order chi connectivity index (χ1) is 14.2. The van der Waals surface area contributed by atoms with Crippen LogP contribution in [0, 0.1) is 0 Å². The molecular weight excluding hydrogens is 405 g/mol. The molecule has 0 bridgehead atoms. The number of nitrogen functional groups attached to an aromatic ring is 1. The third-order valence-corrected chi connectivity index (χ3v) is 6.53. The summed E-state index contributed by atoms with van der Waals surface area (Å²) in [7, 11) is -3.36. The van der Waals surface area contributed by atoms with Gasteiger partial charge >= 0.3 is 7.12 Å². The highest BCUT2D eigenvalue weighted by atomic mass is 32.2. The number of carbonyl (C=O) groups excluding carboxylic acids is 1. The highest BCUT2D eigenvalue weighted by Crippen LogP contribution is 2.24. The van der Waals surface area contributed by atoms with Gasteiger partial charge in [-0.25, -0.2) is 8.42 Å². The summed E-state index contributed by atoms with van der Waals surface area (Å²) in [5.41, 5.74) is 8.20. The molecule has 0 saturated heterocycles. The molecule has 0 spiro atoms. The summed E-state index contributed by atoms with van der Waals surface area (Å²) in [6, 6.07) is 9.27. The zero-order chi connectivity index (χ0) is 21.9. The molecule has 2 aromatic carbocycles. The number of hydrogen-bond donors (Lipinski definition) is 3. The van der Waals surface area contributed by atoms with Gasteiger partial charge in [-0.05, 0) is 53.3 Å². The van der Waals surface area contributed by atoms with Crippen molar-refractivity contribution in [1.29, 1.82) is 0 Å². The van der Waals surface area contributed by atoms with Crippen LogP contribution < -0.4 is 15.9 Å². The van der Waals surface area contributed by atoms with Crippen molar-refractivity contribution in [2.75, 3.05) is 24.0 Å². The van der Waals surface area contributed by atoms with Gasteiger partial charge in [0.1, 0.15) is 0 Å². The van der Waals surface area contributed by atoms with Gasteiger partial charge in [0.2, 0.25) is 5.91 Å². The van der Waals surface area contributed by atoms with Crippen LogP contribution in [-0.4, -0.2) is 45.0 Å². The fourth-order valence-electron chi connectivity index (χ4n) is 3.31. The summed E-state index contributed by atoms with van der Waals surface area (Å²) in [4.78, 5) is 14.1. The second-order valence-corrected chi connectivity index (χ2v) is 9.05. The van der Waals surface area contributed by atoms with Crippen LogP contribution in [0.15, 0.2) is 41.3 Å². The molecule has 0 aromatic heterocycles. The lowest BCUT2D eigenvalue weighted by atomic mass is 9.79. The zero-order valence-electron chi connectivity index (χ0n) is 17.1. The minimum atomic E-state index is -3.98. The highest BCUT2D eigenvalue weighted by molar-refractivity contribution is 7.92. The number of fused-ring (bicyclic) bond motifs is 1. The van der Waals surface area contributed by atoms with Gasteiger partial charge < -0.3 is 20.3 Å². The van der Waals surface area contributed by atoms with E-state index < -0.39 is 17.1 Å². The molecule has 30 heavy (non-hydrogen) atoms.